The fourth-order valence-corrected chi connectivity index (χ4v) is 2.77. The lowest BCUT2D eigenvalue weighted by atomic mass is 10.2. The van der Waals surface area contributed by atoms with Gasteiger partial charge in [-0.15, -0.1) is 0 Å². The summed E-state index contributed by atoms with van der Waals surface area (Å²) >= 11 is 5.86. The molecule has 0 fully saturated rings. The lowest BCUT2D eigenvalue weighted by molar-refractivity contribution is 0.166. The van der Waals surface area contributed by atoms with Crippen molar-refractivity contribution in [2.75, 3.05) is 11.7 Å². The maximum atomic E-state index is 12.1. The van der Waals surface area contributed by atoms with Crippen molar-refractivity contribution in [2.45, 2.75) is 11.5 Å². The highest BCUT2D eigenvalue weighted by Gasteiger charge is 2.09. The molecule has 2 aromatic carbocycles. The predicted octanol–water partition coefficient (Wildman–Crippen LogP) is 3.20. The highest BCUT2D eigenvalue weighted by Crippen LogP contribution is 2.21. The van der Waals surface area contributed by atoms with Crippen LogP contribution in [0.4, 0.5) is 5.69 Å². The van der Waals surface area contributed by atoms with Gasteiger partial charge < -0.3 is 10.5 Å². The van der Waals surface area contributed by atoms with Gasteiger partial charge in [0.25, 0.3) is 0 Å². The van der Waals surface area contributed by atoms with Crippen molar-refractivity contribution in [3.05, 3.63) is 59.1 Å². The molecule has 0 aliphatic heterocycles. The van der Waals surface area contributed by atoms with Crippen LogP contribution in [-0.4, -0.2) is 10.1 Å². The molecular weight excluding hydrogens is 282 g/mol. The van der Waals surface area contributed by atoms with Crippen molar-refractivity contribution in [3.63, 3.8) is 0 Å². The number of nitrogens with two attached hydrogens (primary N) is 1. The van der Waals surface area contributed by atoms with Gasteiger partial charge in [0, 0.05) is 10.7 Å². The summed E-state index contributed by atoms with van der Waals surface area (Å²) in [7, 11) is -1.31. The van der Waals surface area contributed by atoms with Crippen LogP contribution in [0.5, 0.6) is 0 Å². The second-order valence-corrected chi connectivity index (χ2v) is 5.78. The van der Waals surface area contributed by atoms with Crippen LogP contribution in [0.25, 0.3) is 0 Å². The molecule has 1 unspecified atom stereocenters. The minimum absolute atomic E-state index is 0.0967. The maximum Gasteiger partial charge on any atom is 0.127 e. The summed E-state index contributed by atoms with van der Waals surface area (Å²) in [6.45, 7) is 0.424. The first-order valence-electron chi connectivity index (χ1n) is 5.72. The summed E-state index contributed by atoms with van der Waals surface area (Å²) in [6.07, 6.45) is 0. The van der Waals surface area contributed by atoms with Crippen molar-refractivity contribution in [1.82, 2.24) is 0 Å². The molecule has 2 aromatic rings. The summed E-state index contributed by atoms with van der Waals surface area (Å²) in [5.74, 6) is 0.0967. The molecule has 2 N–H and O–H groups in total. The van der Waals surface area contributed by atoms with E-state index in [4.69, 9.17) is 22.1 Å². The highest BCUT2D eigenvalue weighted by atomic mass is 35.5. The van der Waals surface area contributed by atoms with Gasteiger partial charge in [0.15, 0.2) is 0 Å². The van der Waals surface area contributed by atoms with Crippen molar-refractivity contribution in [2.24, 2.45) is 0 Å². The van der Waals surface area contributed by atoms with Crippen LogP contribution in [0, 0.1) is 0 Å². The molecular formula is C14H14ClNO2S. The van der Waals surface area contributed by atoms with E-state index in [1.54, 1.807) is 18.2 Å². The van der Waals surface area contributed by atoms with Gasteiger partial charge in [-0.25, -0.2) is 0 Å². The third-order valence-electron chi connectivity index (χ3n) is 2.52. The first kappa shape index (κ1) is 14.1. The van der Waals surface area contributed by atoms with E-state index in [-0.39, 0.29) is 5.94 Å². The van der Waals surface area contributed by atoms with Gasteiger partial charge >= 0.3 is 0 Å². The molecule has 100 valence electrons. The van der Waals surface area contributed by atoms with E-state index in [0.29, 0.717) is 22.2 Å². The number of ether oxygens (including phenoxy) is 1. The smallest absolute Gasteiger partial charge is 0.127 e. The summed E-state index contributed by atoms with van der Waals surface area (Å²) in [5, 5.41) is 0.514. The summed E-state index contributed by atoms with van der Waals surface area (Å²) in [5.41, 5.74) is 7.27. The average Bonchev–Trinajstić information content (AvgIpc) is 2.42. The second kappa shape index (κ2) is 6.70. The van der Waals surface area contributed by atoms with E-state index < -0.39 is 10.8 Å². The first-order chi connectivity index (χ1) is 9.16. The third-order valence-corrected chi connectivity index (χ3v) is 3.98. The van der Waals surface area contributed by atoms with Crippen LogP contribution in [0.15, 0.2) is 53.4 Å². The minimum atomic E-state index is -1.31. The highest BCUT2D eigenvalue weighted by molar-refractivity contribution is 7.85. The molecule has 0 heterocycles. The van der Waals surface area contributed by atoms with E-state index in [2.05, 4.69) is 0 Å². The molecule has 3 nitrogen and oxygen atoms in total. The Morgan fingerprint density at radius 2 is 1.89 bits per heavy atom. The van der Waals surface area contributed by atoms with Gasteiger partial charge in [-0.3, -0.25) is 4.21 Å². The van der Waals surface area contributed by atoms with Crippen LogP contribution in [0.3, 0.4) is 0 Å². The standard InChI is InChI=1S/C14H14ClNO2S/c15-12-6-7-13(16)14(8-12)19(17)10-18-9-11-4-2-1-3-5-11/h1-8H,9-10,16H2. The Morgan fingerprint density at radius 3 is 2.63 bits per heavy atom. The molecule has 0 aliphatic rings. The zero-order chi connectivity index (χ0) is 13.7. The van der Waals surface area contributed by atoms with Crippen molar-refractivity contribution >= 4 is 28.1 Å². The SMILES string of the molecule is Nc1ccc(Cl)cc1S(=O)COCc1ccccc1. The lowest BCUT2D eigenvalue weighted by Gasteiger charge is -2.07. The Bertz CT molecular complexity index is 575. The number of hydrogen-bond donors (Lipinski definition) is 1. The Hall–Kier alpha value is -1.36. The molecule has 0 radical (unpaired) electrons. The zero-order valence-electron chi connectivity index (χ0n) is 10.2. The Balaban J connectivity index is 1.93. The number of nitrogen functional groups attached to an aromatic ring is 1. The Labute approximate surface area is 119 Å². The quantitative estimate of drug-likeness (QED) is 0.862. The molecule has 0 aliphatic carbocycles. The van der Waals surface area contributed by atoms with E-state index in [1.165, 1.54) is 0 Å². The topological polar surface area (TPSA) is 52.3 Å². The largest absolute Gasteiger partial charge is 0.398 e. The third kappa shape index (κ3) is 4.06. The fraction of sp³-hybridized carbons (Fsp3) is 0.143. The number of benzene rings is 2. The number of rotatable bonds is 5. The Kier molecular flexibility index (Phi) is 4.96. The van der Waals surface area contributed by atoms with Gasteiger partial charge in [-0.2, -0.15) is 0 Å². The molecule has 0 saturated heterocycles. The van der Waals surface area contributed by atoms with Gasteiger partial charge in [0.2, 0.25) is 0 Å². The van der Waals surface area contributed by atoms with Crippen LogP contribution in [0.1, 0.15) is 5.56 Å². The van der Waals surface area contributed by atoms with Gasteiger partial charge in [0.05, 0.1) is 22.3 Å². The molecule has 0 amide bonds. The van der Waals surface area contributed by atoms with E-state index in [1.807, 2.05) is 30.3 Å². The summed E-state index contributed by atoms with van der Waals surface area (Å²) < 4.78 is 17.5. The normalized spacial score (nSPS) is 12.3. The Morgan fingerprint density at radius 1 is 1.16 bits per heavy atom. The zero-order valence-corrected chi connectivity index (χ0v) is 11.8. The lowest BCUT2D eigenvalue weighted by Crippen LogP contribution is -2.05. The fourth-order valence-electron chi connectivity index (χ4n) is 1.58. The molecule has 0 saturated carbocycles. The van der Waals surface area contributed by atoms with Gasteiger partial charge in [-0.05, 0) is 23.8 Å². The molecule has 19 heavy (non-hydrogen) atoms. The predicted molar refractivity (Wildman–Crippen MR) is 78.4 cm³/mol. The molecule has 5 heteroatoms. The van der Waals surface area contributed by atoms with Crippen molar-refractivity contribution < 1.29 is 8.95 Å². The molecule has 0 spiro atoms. The summed E-state index contributed by atoms with van der Waals surface area (Å²) in [4.78, 5) is 0.514. The van der Waals surface area contributed by atoms with Crippen molar-refractivity contribution in [3.8, 4) is 0 Å². The van der Waals surface area contributed by atoms with Gasteiger partial charge in [0.1, 0.15) is 5.94 Å². The minimum Gasteiger partial charge on any atom is -0.398 e. The van der Waals surface area contributed by atoms with Crippen LogP contribution < -0.4 is 5.73 Å². The molecule has 1 atom stereocenters. The van der Waals surface area contributed by atoms with E-state index in [9.17, 15) is 4.21 Å². The molecule has 0 bridgehead atoms. The average molecular weight is 296 g/mol. The monoisotopic (exact) mass is 295 g/mol. The number of halogens is 1. The van der Waals surface area contributed by atoms with Crippen LogP contribution in [-0.2, 0) is 22.1 Å². The summed E-state index contributed by atoms with van der Waals surface area (Å²) in [6, 6.07) is 14.6. The van der Waals surface area contributed by atoms with E-state index in [0.717, 1.165) is 5.56 Å². The maximum absolute atomic E-state index is 12.1. The second-order valence-electron chi connectivity index (χ2n) is 3.98. The number of hydrogen-bond acceptors (Lipinski definition) is 3. The molecule has 0 aromatic heterocycles. The van der Waals surface area contributed by atoms with Gasteiger partial charge in [-0.1, -0.05) is 41.9 Å². The van der Waals surface area contributed by atoms with Crippen LogP contribution in [0.2, 0.25) is 5.02 Å². The van der Waals surface area contributed by atoms with Crippen LogP contribution >= 0.6 is 11.6 Å². The molecule has 2 rings (SSSR count). The van der Waals surface area contributed by atoms with E-state index >= 15 is 0 Å². The first-order valence-corrected chi connectivity index (χ1v) is 7.41. The number of anilines is 1. The van der Waals surface area contributed by atoms with Crippen molar-refractivity contribution in [1.29, 1.82) is 0 Å².